The minimum absolute atomic E-state index is 0.102. The maximum atomic E-state index is 13.5. The predicted octanol–water partition coefficient (Wildman–Crippen LogP) is 2.00. The molecule has 1 aromatic rings. The molecule has 1 saturated heterocycles. The highest BCUT2D eigenvalue weighted by Gasteiger charge is 2.38. The number of nitrogens with zero attached hydrogens (tertiary/aromatic N) is 1. The van der Waals surface area contributed by atoms with Gasteiger partial charge in [-0.1, -0.05) is 32.0 Å². The molecule has 2 amide bonds. The zero-order chi connectivity index (χ0) is 24.0. The third kappa shape index (κ3) is 7.01. The quantitative estimate of drug-likeness (QED) is 0.501. The fourth-order valence-corrected chi connectivity index (χ4v) is 6.01. The average Bonchev–Trinajstić information content (AvgIpc) is 3.28. The van der Waals surface area contributed by atoms with Crippen LogP contribution in [0, 0.1) is 11.8 Å². The van der Waals surface area contributed by atoms with Gasteiger partial charge in [-0.25, -0.2) is 8.42 Å². The molecular weight excluding hydrogens is 440 g/mol. The molecule has 8 nitrogen and oxygen atoms in total. The van der Waals surface area contributed by atoms with E-state index < -0.39 is 22.1 Å². The number of nitrogens with one attached hydrogen (secondary N) is 2. The van der Waals surface area contributed by atoms with Gasteiger partial charge in [0, 0.05) is 19.1 Å². The summed E-state index contributed by atoms with van der Waals surface area (Å²) in [7, 11) is -3.85. The highest BCUT2D eigenvalue weighted by molar-refractivity contribution is 7.89. The Morgan fingerprint density at radius 3 is 2.39 bits per heavy atom. The zero-order valence-electron chi connectivity index (χ0n) is 19.7. The van der Waals surface area contributed by atoms with Crippen LogP contribution in [-0.4, -0.2) is 56.3 Å². The summed E-state index contributed by atoms with van der Waals surface area (Å²) in [5.41, 5.74) is 5.97. The van der Waals surface area contributed by atoms with Crippen molar-refractivity contribution in [3.8, 4) is 0 Å². The van der Waals surface area contributed by atoms with Crippen LogP contribution in [0.15, 0.2) is 35.2 Å². The monoisotopic (exact) mass is 478 g/mol. The highest BCUT2D eigenvalue weighted by atomic mass is 32.2. The van der Waals surface area contributed by atoms with Crippen molar-refractivity contribution in [1.82, 2.24) is 14.9 Å². The number of hydrogen-bond acceptors (Lipinski definition) is 5. The van der Waals surface area contributed by atoms with Gasteiger partial charge in [0.15, 0.2) is 0 Å². The summed E-state index contributed by atoms with van der Waals surface area (Å²) in [4.78, 5) is 28.1. The Morgan fingerprint density at radius 1 is 1.09 bits per heavy atom. The Kier molecular flexibility index (Phi) is 8.89. The molecule has 1 saturated carbocycles. The molecule has 3 rings (SSSR count). The summed E-state index contributed by atoms with van der Waals surface area (Å²) in [6, 6.07) is 6.83. The number of hydrogen-bond donors (Lipinski definition) is 3. The van der Waals surface area contributed by atoms with Crippen molar-refractivity contribution in [3.05, 3.63) is 30.3 Å². The van der Waals surface area contributed by atoms with E-state index in [0.717, 1.165) is 32.1 Å². The van der Waals surface area contributed by atoms with Gasteiger partial charge < -0.3 is 16.0 Å². The maximum absolute atomic E-state index is 13.5. The van der Waals surface area contributed by atoms with Crippen molar-refractivity contribution < 1.29 is 18.0 Å². The normalized spacial score (nSPS) is 24.6. The van der Waals surface area contributed by atoms with Crippen LogP contribution in [0.2, 0.25) is 0 Å². The van der Waals surface area contributed by atoms with Crippen LogP contribution in [-0.2, 0) is 19.6 Å². The van der Waals surface area contributed by atoms with E-state index >= 15 is 0 Å². The lowest BCUT2D eigenvalue weighted by Gasteiger charge is -2.30. The van der Waals surface area contributed by atoms with Gasteiger partial charge in [-0.3, -0.25) is 9.59 Å². The van der Waals surface area contributed by atoms with Gasteiger partial charge >= 0.3 is 0 Å². The SMILES string of the molecule is CC(C)C[C@@H](NS(=O)(=O)c1ccccc1)C(=O)N1CCC[C@H]1C(=O)NCC1CCC(N)CC1. The van der Waals surface area contributed by atoms with Crippen LogP contribution < -0.4 is 15.8 Å². The molecule has 0 unspecified atom stereocenters. The molecule has 9 heteroatoms. The first-order valence-electron chi connectivity index (χ1n) is 12.1. The molecule has 2 atom stereocenters. The van der Waals surface area contributed by atoms with Crippen LogP contribution in [0.25, 0.3) is 0 Å². The number of amides is 2. The lowest BCUT2D eigenvalue weighted by molar-refractivity contribution is -0.140. The van der Waals surface area contributed by atoms with Gasteiger partial charge in [0.1, 0.15) is 12.1 Å². The Morgan fingerprint density at radius 2 is 1.76 bits per heavy atom. The molecule has 2 fully saturated rings. The largest absolute Gasteiger partial charge is 0.354 e. The lowest BCUT2D eigenvalue weighted by atomic mass is 9.86. The summed E-state index contributed by atoms with van der Waals surface area (Å²) in [6.07, 6.45) is 5.64. The smallest absolute Gasteiger partial charge is 0.242 e. The first-order valence-corrected chi connectivity index (χ1v) is 13.6. The number of rotatable bonds is 9. The molecular formula is C24H38N4O4S. The van der Waals surface area contributed by atoms with E-state index in [1.165, 1.54) is 12.1 Å². The minimum atomic E-state index is -3.85. The lowest BCUT2D eigenvalue weighted by Crippen LogP contribution is -2.54. The van der Waals surface area contributed by atoms with Crippen LogP contribution in [0.5, 0.6) is 0 Å². The number of carbonyl (C=O) groups excluding carboxylic acids is 2. The van der Waals surface area contributed by atoms with Crippen molar-refractivity contribution in [2.24, 2.45) is 17.6 Å². The van der Waals surface area contributed by atoms with Crippen molar-refractivity contribution in [1.29, 1.82) is 0 Å². The van der Waals surface area contributed by atoms with Crippen molar-refractivity contribution >= 4 is 21.8 Å². The first kappa shape index (κ1) is 25.6. The highest BCUT2D eigenvalue weighted by Crippen LogP contribution is 2.24. The van der Waals surface area contributed by atoms with E-state index in [-0.39, 0.29) is 28.7 Å². The Hall–Kier alpha value is -1.97. The second-order valence-electron chi connectivity index (χ2n) is 9.83. The van der Waals surface area contributed by atoms with Gasteiger partial charge in [-0.2, -0.15) is 4.72 Å². The molecule has 4 N–H and O–H groups in total. The number of likely N-dealkylation sites (tertiary alicyclic amines) is 1. The summed E-state index contributed by atoms with van der Waals surface area (Å²) >= 11 is 0. The topological polar surface area (TPSA) is 122 Å². The average molecular weight is 479 g/mol. The second kappa shape index (κ2) is 11.4. The van der Waals surface area contributed by atoms with Crippen LogP contribution in [0.4, 0.5) is 0 Å². The Bertz CT molecular complexity index is 898. The minimum Gasteiger partial charge on any atom is -0.354 e. The maximum Gasteiger partial charge on any atom is 0.242 e. The summed E-state index contributed by atoms with van der Waals surface area (Å²) in [5, 5.41) is 3.04. The van der Waals surface area contributed by atoms with Crippen LogP contribution in [0.3, 0.4) is 0 Å². The zero-order valence-corrected chi connectivity index (χ0v) is 20.5. The van der Waals surface area contributed by atoms with Gasteiger partial charge in [0.2, 0.25) is 21.8 Å². The summed E-state index contributed by atoms with van der Waals surface area (Å²) in [6.45, 7) is 4.94. The molecule has 184 valence electrons. The molecule has 1 heterocycles. The number of benzene rings is 1. The van der Waals surface area contributed by atoms with Crippen molar-refractivity contribution in [3.63, 3.8) is 0 Å². The number of sulfonamides is 1. The summed E-state index contributed by atoms with van der Waals surface area (Å²) in [5.74, 6) is 0.0464. The molecule has 0 radical (unpaired) electrons. The Balaban J connectivity index is 1.66. The molecule has 2 aliphatic rings. The molecule has 0 aromatic heterocycles. The molecule has 1 aliphatic heterocycles. The summed E-state index contributed by atoms with van der Waals surface area (Å²) < 4.78 is 28.4. The molecule has 0 spiro atoms. The van der Waals surface area contributed by atoms with E-state index in [1.807, 2.05) is 13.8 Å². The van der Waals surface area contributed by atoms with E-state index in [4.69, 9.17) is 5.73 Å². The molecule has 33 heavy (non-hydrogen) atoms. The number of nitrogens with two attached hydrogens (primary N) is 1. The van der Waals surface area contributed by atoms with Crippen molar-refractivity contribution in [2.75, 3.05) is 13.1 Å². The van der Waals surface area contributed by atoms with Gasteiger partial charge in [0.25, 0.3) is 0 Å². The third-order valence-electron chi connectivity index (χ3n) is 6.65. The molecule has 1 aliphatic carbocycles. The standard InChI is InChI=1S/C24H38N4O4S/c1-17(2)15-21(27-33(31,32)20-7-4-3-5-8-20)24(30)28-14-6-9-22(28)23(29)26-16-18-10-12-19(25)13-11-18/h3-5,7-8,17-19,21-22,27H,6,9-16,25H2,1-2H3,(H,26,29)/t18?,19?,21-,22+/m1/s1. The van der Waals surface area contributed by atoms with Gasteiger partial charge in [-0.15, -0.1) is 0 Å². The van der Waals surface area contributed by atoms with E-state index in [0.29, 0.717) is 31.8 Å². The first-order chi connectivity index (χ1) is 15.7. The predicted molar refractivity (Wildman–Crippen MR) is 128 cm³/mol. The van der Waals surface area contributed by atoms with E-state index in [2.05, 4.69) is 10.0 Å². The van der Waals surface area contributed by atoms with E-state index in [1.54, 1.807) is 23.1 Å². The van der Waals surface area contributed by atoms with Crippen molar-refractivity contribution in [2.45, 2.75) is 81.8 Å². The number of carbonyl (C=O) groups is 2. The van der Waals surface area contributed by atoms with E-state index in [9.17, 15) is 18.0 Å². The second-order valence-corrected chi connectivity index (χ2v) is 11.5. The fraction of sp³-hybridized carbons (Fsp3) is 0.667. The molecule has 0 bridgehead atoms. The molecule has 1 aromatic carbocycles. The fourth-order valence-electron chi connectivity index (χ4n) is 4.78. The van der Waals surface area contributed by atoms with Gasteiger partial charge in [-0.05, 0) is 68.9 Å². The van der Waals surface area contributed by atoms with Crippen LogP contribution >= 0.6 is 0 Å². The third-order valence-corrected chi connectivity index (χ3v) is 8.14. The van der Waals surface area contributed by atoms with Gasteiger partial charge in [0.05, 0.1) is 4.90 Å². The van der Waals surface area contributed by atoms with Crippen LogP contribution in [0.1, 0.15) is 58.8 Å². The Labute approximate surface area is 197 Å².